The van der Waals surface area contributed by atoms with Gasteiger partial charge in [0.15, 0.2) is 0 Å². The van der Waals surface area contributed by atoms with Gasteiger partial charge in [-0.05, 0) is 0 Å². The molecule has 0 fully saturated rings. The van der Waals surface area contributed by atoms with Crippen LogP contribution in [0.1, 0.15) is 6.42 Å². The minimum Gasteiger partial charge on any atom is -0.481 e. The fraction of sp³-hybridized carbons (Fsp3) is 0.500. The molecule has 0 aliphatic rings. The molecular weight excluding hydrogens is 224 g/mol. The number of carbonyl (C=O) groups is 2. The molecule has 0 amide bonds. The van der Waals surface area contributed by atoms with E-state index in [0.717, 1.165) is 0 Å². The topological polar surface area (TPSA) is 158 Å². The van der Waals surface area contributed by atoms with E-state index >= 15 is 0 Å². The van der Waals surface area contributed by atoms with E-state index in [2.05, 4.69) is 4.89 Å². The first-order valence-corrected chi connectivity index (χ1v) is 4.36. The Balaban J connectivity index is 5.44. The molecule has 0 saturated heterocycles. The zero-order valence-corrected chi connectivity index (χ0v) is 7.26. The molecule has 10 heteroatoms. The van der Waals surface area contributed by atoms with Crippen LogP contribution >= 0.6 is 0 Å². The van der Waals surface area contributed by atoms with Crippen LogP contribution in [-0.4, -0.2) is 45.3 Å². The van der Waals surface area contributed by atoms with Gasteiger partial charge in [0.1, 0.15) is 6.42 Å². The second-order valence-electron chi connectivity index (χ2n) is 2.19. The standard InChI is InChI=1S/C4H6O9S/c5-2(6)1-4(13-9,3(7)8)14(10,11)12/h9H,1H2,(H,5,6)(H,7,8)(H,10,11,12). The Morgan fingerprint density at radius 3 is 1.79 bits per heavy atom. The van der Waals surface area contributed by atoms with Gasteiger partial charge in [0.25, 0.3) is 0 Å². The Morgan fingerprint density at radius 2 is 1.71 bits per heavy atom. The van der Waals surface area contributed by atoms with Crippen molar-refractivity contribution in [3.8, 4) is 0 Å². The fourth-order valence-electron chi connectivity index (χ4n) is 0.595. The van der Waals surface area contributed by atoms with Gasteiger partial charge in [0.05, 0.1) is 0 Å². The third-order valence-electron chi connectivity index (χ3n) is 1.27. The van der Waals surface area contributed by atoms with Crippen LogP contribution in [0.25, 0.3) is 0 Å². The Bertz CT molecular complexity index is 342. The maximum Gasteiger partial charge on any atom is 0.358 e. The van der Waals surface area contributed by atoms with Gasteiger partial charge in [-0.1, -0.05) is 0 Å². The SMILES string of the molecule is O=C(O)CC(OO)(C(=O)O)S(=O)(=O)O. The van der Waals surface area contributed by atoms with Crippen LogP contribution in [0.4, 0.5) is 0 Å². The maximum atomic E-state index is 10.5. The van der Waals surface area contributed by atoms with E-state index < -0.39 is 33.4 Å². The molecule has 0 spiro atoms. The molecule has 0 aromatic rings. The zero-order chi connectivity index (χ0) is 11.6. The number of carboxylic acids is 2. The molecule has 0 aliphatic heterocycles. The predicted molar refractivity (Wildman–Crippen MR) is 37.9 cm³/mol. The molecule has 0 bridgehead atoms. The van der Waals surface area contributed by atoms with E-state index in [9.17, 15) is 18.0 Å². The Kier molecular flexibility index (Phi) is 3.53. The van der Waals surface area contributed by atoms with Crippen LogP contribution in [0.15, 0.2) is 0 Å². The summed E-state index contributed by atoms with van der Waals surface area (Å²) in [5, 5.41) is 24.5. The van der Waals surface area contributed by atoms with Crippen molar-refractivity contribution in [2.45, 2.75) is 11.4 Å². The highest BCUT2D eigenvalue weighted by Gasteiger charge is 2.55. The van der Waals surface area contributed by atoms with Crippen LogP contribution in [0.2, 0.25) is 0 Å². The first-order valence-electron chi connectivity index (χ1n) is 2.92. The molecule has 0 aromatic carbocycles. The zero-order valence-electron chi connectivity index (χ0n) is 6.45. The van der Waals surface area contributed by atoms with Gasteiger partial charge in [0.2, 0.25) is 0 Å². The Labute approximate surface area is 77.2 Å². The smallest absolute Gasteiger partial charge is 0.358 e. The van der Waals surface area contributed by atoms with E-state index in [-0.39, 0.29) is 0 Å². The van der Waals surface area contributed by atoms with E-state index in [1.54, 1.807) is 0 Å². The lowest BCUT2D eigenvalue weighted by atomic mass is 10.2. The van der Waals surface area contributed by atoms with Gasteiger partial charge in [-0.2, -0.15) is 8.42 Å². The van der Waals surface area contributed by atoms with E-state index in [1.165, 1.54) is 0 Å². The van der Waals surface area contributed by atoms with E-state index in [4.69, 9.17) is 20.0 Å². The average molecular weight is 230 g/mol. The van der Waals surface area contributed by atoms with Crippen LogP contribution in [0, 0.1) is 0 Å². The van der Waals surface area contributed by atoms with Crippen LogP contribution in [-0.2, 0) is 24.6 Å². The molecule has 1 atom stereocenters. The molecule has 4 N–H and O–H groups in total. The lowest BCUT2D eigenvalue weighted by Crippen LogP contribution is -2.49. The lowest BCUT2D eigenvalue weighted by molar-refractivity contribution is -0.293. The van der Waals surface area contributed by atoms with Crippen molar-refractivity contribution in [1.29, 1.82) is 0 Å². The van der Waals surface area contributed by atoms with Crippen LogP contribution in [0.3, 0.4) is 0 Å². The highest BCUT2D eigenvalue weighted by Crippen LogP contribution is 2.22. The van der Waals surface area contributed by atoms with Gasteiger partial charge >= 0.3 is 27.0 Å². The summed E-state index contributed by atoms with van der Waals surface area (Å²) in [7, 11) is -5.42. The summed E-state index contributed by atoms with van der Waals surface area (Å²) < 4.78 is 29.4. The quantitative estimate of drug-likeness (QED) is 0.253. The average Bonchev–Trinajstić information content (AvgIpc) is 1.96. The predicted octanol–water partition coefficient (Wildman–Crippen LogP) is -1.38. The molecule has 9 nitrogen and oxygen atoms in total. The molecule has 0 rings (SSSR count). The van der Waals surface area contributed by atoms with Crippen molar-refractivity contribution in [1.82, 2.24) is 0 Å². The summed E-state index contributed by atoms with van der Waals surface area (Å²) in [6, 6.07) is 0. The van der Waals surface area contributed by atoms with Gasteiger partial charge in [0, 0.05) is 0 Å². The van der Waals surface area contributed by atoms with Crippen molar-refractivity contribution in [2.75, 3.05) is 0 Å². The summed E-state index contributed by atoms with van der Waals surface area (Å²) in [5.41, 5.74) is 0. The molecule has 14 heavy (non-hydrogen) atoms. The normalized spacial score (nSPS) is 15.9. The van der Waals surface area contributed by atoms with E-state index in [1.807, 2.05) is 0 Å². The molecule has 0 aromatic heterocycles. The summed E-state index contributed by atoms with van der Waals surface area (Å²) in [6.45, 7) is 0. The molecule has 0 saturated carbocycles. The first-order chi connectivity index (χ1) is 6.17. The number of hydrogen-bond acceptors (Lipinski definition) is 6. The van der Waals surface area contributed by atoms with Crippen molar-refractivity contribution in [3.05, 3.63) is 0 Å². The largest absolute Gasteiger partial charge is 0.481 e. The molecule has 0 aliphatic carbocycles. The van der Waals surface area contributed by atoms with E-state index in [0.29, 0.717) is 0 Å². The Morgan fingerprint density at radius 1 is 1.29 bits per heavy atom. The van der Waals surface area contributed by atoms with Crippen molar-refractivity contribution in [3.63, 3.8) is 0 Å². The number of aliphatic carboxylic acids is 2. The monoisotopic (exact) mass is 230 g/mol. The van der Waals surface area contributed by atoms with Gasteiger partial charge in [-0.3, -0.25) is 9.35 Å². The number of rotatable bonds is 5. The molecule has 0 heterocycles. The fourth-order valence-corrected chi connectivity index (χ4v) is 1.22. The Hall–Kier alpha value is -1.23. The van der Waals surface area contributed by atoms with Crippen molar-refractivity contribution < 1.29 is 42.9 Å². The highest BCUT2D eigenvalue weighted by molar-refractivity contribution is 7.87. The third kappa shape index (κ3) is 2.17. The molecule has 0 radical (unpaired) electrons. The number of hydrogen-bond donors (Lipinski definition) is 4. The highest BCUT2D eigenvalue weighted by atomic mass is 32.2. The third-order valence-corrected chi connectivity index (χ3v) is 2.50. The minimum atomic E-state index is -5.42. The van der Waals surface area contributed by atoms with Gasteiger partial charge in [-0.15, -0.1) is 0 Å². The lowest BCUT2D eigenvalue weighted by Gasteiger charge is -2.19. The van der Waals surface area contributed by atoms with Crippen LogP contribution in [0.5, 0.6) is 0 Å². The van der Waals surface area contributed by atoms with Gasteiger partial charge < -0.3 is 10.2 Å². The summed E-state index contributed by atoms with van der Waals surface area (Å²) >= 11 is 0. The maximum absolute atomic E-state index is 10.5. The second kappa shape index (κ2) is 3.88. The van der Waals surface area contributed by atoms with Crippen molar-refractivity contribution >= 4 is 22.1 Å². The summed E-state index contributed by atoms with van der Waals surface area (Å²) in [4.78, 5) is 19.9. The van der Waals surface area contributed by atoms with Crippen LogP contribution < -0.4 is 0 Å². The minimum absolute atomic E-state index is 1.64. The number of carboxylic acid groups (broad SMARTS) is 2. The molecular formula is C4H6O9S. The summed E-state index contributed by atoms with van der Waals surface area (Å²) in [5.74, 6) is -4.23. The molecule has 82 valence electrons. The summed E-state index contributed by atoms with van der Waals surface area (Å²) in [6.07, 6.45) is -1.64. The molecule has 1 unspecified atom stereocenters. The second-order valence-corrected chi connectivity index (χ2v) is 3.80. The first kappa shape index (κ1) is 12.8. The van der Waals surface area contributed by atoms with Crippen molar-refractivity contribution in [2.24, 2.45) is 0 Å². The van der Waals surface area contributed by atoms with Gasteiger partial charge in [-0.25, -0.2) is 14.9 Å².